The number of nitrogens with zero attached hydrogens (tertiary/aromatic N) is 3. The van der Waals surface area contributed by atoms with Gasteiger partial charge >= 0.3 is 0 Å². The van der Waals surface area contributed by atoms with Gasteiger partial charge in [0.25, 0.3) is 0 Å². The lowest BCUT2D eigenvalue weighted by atomic mass is 10.0. The zero-order valence-corrected chi connectivity index (χ0v) is 20.2. The molecular formula is C29H31FN4. The van der Waals surface area contributed by atoms with E-state index < -0.39 is 0 Å². The molecule has 3 aromatic rings. The molecule has 0 spiro atoms. The first-order valence-corrected chi connectivity index (χ1v) is 11.7. The molecule has 0 amide bonds. The number of allylic oxidation sites excluding steroid dienone is 3. The second kappa shape index (κ2) is 10.5. The van der Waals surface area contributed by atoms with Crippen molar-refractivity contribution in [2.75, 3.05) is 11.9 Å². The Morgan fingerprint density at radius 2 is 1.82 bits per heavy atom. The average molecular weight is 455 g/mol. The largest absolute Gasteiger partial charge is 0.348 e. The Hall–Kier alpha value is -3.73. The summed E-state index contributed by atoms with van der Waals surface area (Å²) in [5.74, 6) is 0.325. The minimum absolute atomic E-state index is 0.0615. The summed E-state index contributed by atoms with van der Waals surface area (Å²) in [5, 5.41) is 3.44. The molecule has 0 saturated carbocycles. The minimum Gasteiger partial charge on any atom is -0.348 e. The molecule has 4 nitrogen and oxygen atoms in total. The molecule has 1 unspecified atom stereocenters. The second-order valence-electron chi connectivity index (χ2n) is 8.62. The Morgan fingerprint density at radius 3 is 2.47 bits per heavy atom. The lowest BCUT2D eigenvalue weighted by molar-refractivity contribution is 0.579. The van der Waals surface area contributed by atoms with E-state index in [-0.39, 0.29) is 11.9 Å². The molecule has 2 heterocycles. The SMILES string of the molecule is CCC1=CCN(/C(=C(\C)c2ccc(F)cc2)c2ccnc(NC(C)c3ccc(C)cc3)n2)C=C1. The molecule has 1 aliphatic rings. The highest BCUT2D eigenvalue weighted by Gasteiger charge is 2.18. The molecule has 0 saturated heterocycles. The topological polar surface area (TPSA) is 41.1 Å². The van der Waals surface area contributed by atoms with Gasteiger partial charge < -0.3 is 10.2 Å². The molecule has 0 radical (unpaired) electrons. The molecular weight excluding hydrogens is 423 g/mol. The van der Waals surface area contributed by atoms with E-state index >= 15 is 0 Å². The highest BCUT2D eigenvalue weighted by Crippen LogP contribution is 2.31. The van der Waals surface area contributed by atoms with Crippen molar-refractivity contribution >= 4 is 17.2 Å². The van der Waals surface area contributed by atoms with Gasteiger partial charge in [-0.05, 0) is 73.7 Å². The van der Waals surface area contributed by atoms with E-state index in [9.17, 15) is 4.39 Å². The van der Waals surface area contributed by atoms with Gasteiger partial charge in [-0.3, -0.25) is 0 Å². The molecule has 5 heteroatoms. The number of rotatable bonds is 7. The highest BCUT2D eigenvalue weighted by atomic mass is 19.1. The number of nitrogens with one attached hydrogen (secondary N) is 1. The quantitative estimate of drug-likeness (QED) is 0.411. The number of anilines is 1. The van der Waals surface area contributed by atoms with E-state index in [1.54, 1.807) is 6.20 Å². The molecule has 2 aromatic carbocycles. The summed E-state index contributed by atoms with van der Waals surface area (Å²) in [6, 6.07) is 17.1. The fourth-order valence-corrected chi connectivity index (χ4v) is 4.04. The second-order valence-corrected chi connectivity index (χ2v) is 8.62. The van der Waals surface area contributed by atoms with Gasteiger partial charge in [0.1, 0.15) is 5.82 Å². The number of benzene rings is 2. The number of aryl methyl sites for hydroxylation is 1. The first-order chi connectivity index (χ1) is 16.4. The first-order valence-electron chi connectivity index (χ1n) is 11.7. The van der Waals surface area contributed by atoms with Crippen molar-refractivity contribution in [3.05, 3.63) is 113 Å². The molecule has 4 rings (SSSR count). The van der Waals surface area contributed by atoms with E-state index in [1.807, 2.05) is 18.2 Å². The Balaban J connectivity index is 1.70. The first kappa shape index (κ1) is 23.4. The predicted octanol–water partition coefficient (Wildman–Crippen LogP) is 7.15. The summed E-state index contributed by atoms with van der Waals surface area (Å²) in [6.07, 6.45) is 9.26. The van der Waals surface area contributed by atoms with Gasteiger partial charge in [0.2, 0.25) is 5.95 Å². The molecule has 0 bridgehead atoms. The van der Waals surface area contributed by atoms with Crippen LogP contribution in [0.1, 0.15) is 55.6 Å². The maximum atomic E-state index is 13.6. The van der Waals surface area contributed by atoms with E-state index in [2.05, 4.69) is 85.5 Å². The predicted molar refractivity (Wildman–Crippen MR) is 138 cm³/mol. The molecule has 1 N–H and O–H groups in total. The van der Waals surface area contributed by atoms with Gasteiger partial charge in [-0.1, -0.05) is 55.0 Å². The fraction of sp³-hybridized carbons (Fsp3) is 0.241. The van der Waals surface area contributed by atoms with E-state index in [4.69, 9.17) is 4.98 Å². The van der Waals surface area contributed by atoms with Crippen LogP contribution < -0.4 is 5.32 Å². The molecule has 0 aliphatic carbocycles. The van der Waals surface area contributed by atoms with Gasteiger partial charge in [-0.2, -0.15) is 0 Å². The van der Waals surface area contributed by atoms with Crippen LogP contribution in [0.3, 0.4) is 0 Å². The third-order valence-electron chi connectivity index (χ3n) is 6.17. The van der Waals surface area contributed by atoms with Gasteiger partial charge in [-0.15, -0.1) is 0 Å². The molecule has 1 aliphatic heterocycles. The van der Waals surface area contributed by atoms with Crippen LogP contribution in [0, 0.1) is 12.7 Å². The van der Waals surface area contributed by atoms with Crippen molar-refractivity contribution in [3.63, 3.8) is 0 Å². The summed E-state index contributed by atoms with van der Waals surface area (Å²) in [5.41, 5.74) is 7.48. The summed E-state index contributed by atoms with van der Waals surface area (Å²) in [4.78, 5) is 11.5. The smallest absolute Gasteiger partial charge is 0.223 e. The molecule has 1 aromatic heterocycles. The number of hydrogen-bond acceptors (Lipinski definition) is 4. The Morgan fingerprint density at radius 1 is 1.09 bits per heavy atom. The number of halogens is 1. The van der Waals surface area contributed by atoms with Crippen molar-refractivity contribution in [2.45, 2.75) is 40.2 Å². The molecule has 1 atom stereocenters. The number of hydrogen-bond donors (Lipinski definition) is 1. The van der Waals surface area contributed by atoms with Gasteiger partial charge in [0, 0.05) is 18.9 Å². The van der Waals surface area contributed by atoms with E-state index in [0.717, 1.165) is 35.5 Å². The minimum atomic E-state index is -0.245. The Bertz CT molecular complexity index is 1220. The van der Waals surface area contributed by atoms with Crippen molar-refractivity contribution < 1.29 is 4.39 Å². The Kier molecular flexibility index (Phi) is 7.21. The summed E-state index contributed by atoms with van der Waals surface area (Å²) < 4.78 is 13.6. The molecule has 34 heavy (non-hydrogen) atoms. The van der Waals surface area contributed by atoms with Crippen molar-refractivity contribution in [1.29, 1.82) is 0 Å². The van der Waals surface area contributed by atoms with Gasteiger partial charge in [0.15, 0.2) is 0 Å². The highest BCUT2D eigenvalue weighted by molar-refractivity contribution is 5.88. The zero-order chi connectivity index (χ0) is 24.1. The number of aromatic nitrogens is 2. The van der Waals surface area contributed by atoms with Crippen molar-refractivity contribution in [1.82, 2.24) is 14.9 Å². The zero-order valence-electron chi connectivity index (χ0n) is 20.2. The fourth-order valence-electron chi connectivity index (χ4n) is 4.04. The third kappa shape index (κ3) is 5.42. The van der Waals surface area contributed by atoms with E-state index in [1.165, 1.54) is 28.8 Å². The van der Waals surface area contributed by atoms with Crippen LogP contribution in [0.2, 0.25) is 0 Å². The standard InChI is InChI=1S/C29H31FN4/c1-5-23-15-18-34(19-16-23)28(21(3)24-10-12-26(30)13-11-24)27-14-17-31-29(33-27)32-22(4)25-8-6-20(2)7-9-25/h6-18,22H,5,19H2,1-4H3,(H,31,32,33)/b28-21+. The van der Waals surface area contributed by atoms with Crippen molar-refractivity contribution in [2.24, 2.45) is 0 Å². The third-order valence-corrected chi connectivity index (χ3v) is 6.17. The monoisotopic (exact) mass is 454 g/mol. The maximum absolute atomic E-state index is 13.6. The summed E-state index contributed by atoms with van der Waals surface area (Å²) >= 11 is 0. The molecule has 0 fully saturated rings. The lowest BCUT2D eigenvalue weighted by Crippen LogP contribution is -2.21. The van der Waals surface area contributed by atoms with Gasteiger partial charge in [-0.25, -0.2) is 14.4 Å². The normalized spacial score (nSPS) is 15.0. The van der Waals surface area contributed by atoms with Crippen LogP contribution in [0.15, 0.2) is 84.7 Å². The van der Waals surface area contributed by atoms with Crippen LogP contribution in [-0.2, 0) is 0 Å². The van der Waals surface area contributed by atoms with Gasteiger partial charge in [0.05, 0.1) is 17.4 Å². The van der Waals surface area contributed by atoms with Crippen LogP contribution in [-0.4, -0.2) is 21.4 Å². The van der Waals surface area contributed by atoms with Crippen LogP contribution in [0.25, 0.3) is 11.3 Å². The maximum Gasteiger partial charge on any atom is 0.223 e. The van der Waals surface area contributed by atoms with Crippen LogP contribution in [0.4, 0.5) is 10.3 Å². The van der Waals surface area contributed by atoms with E-state index in [0.29, 0.717) is 5.95 Å². The summed E-state index contributed by atoms with van der Waals surface area (Å²) in [6.45, 7) is 9.15. The van der Waals surface area contributed by atoms with Crippen LogP contribution >= 0.6 is 0 Å². The summed E-state index contributed by atoms with van der Waals surface area (Å²) in [7, 11) is 0. The molecule has 174 valence electrons. The average Bonchev–Trinajstić information content (AvgIpc) is 2.85. The Labute approximate surface area is 201 Å². The van der Waals surface area contributed by atoms with Crippen LogP contribution in [0.5, 0.6) is 0 Å². The van der Waals surface area contributed by atoms with Crippen molar-refractivity contribution in [3.8, 4) is 0 Å². The lowest BCUT2D eigenvalue weighted by Gasteiger charge is -2.27.